The van der Waals surface area contributed by atoms with E-state index in [-0.39, 0.29) is 0 Å². The molecule has 82 valence electrons. The Hall–Kier alpha value is -0.730. The van der Waals surface area contributed by atoms with Crippen molar-refractivity contribution in [3.63, 3.8) is 0 Å². The molecule has 0 spiro atoms. The van der Waals surface area contributed by atoms with E-state index in [2.05, 4.69) is 37.6 Å². The average molecular weight is 197 g/mol. The minimum absolute atomic E-state index is 0.295. The van der Waals surface area contributed by atoms with E-state index in [9.17, 15) is 0 Å². The van der Waals surface area contributed by atoms with Crippen molar-refractivity contribution in [2.75, 3.05) is 6.54 Å². The van der Waals surface area contributed by atoms with Crippen LogP contribution in [0.3, 0.4) is 0 Å². The third-order valence-electron chi connectivity index (χ3n) is 2.23. The summed E-state index contributed by atoms with van der Waals surface area (Å²) in [6.07, 6.45) is 2.56. The minimum atomic E-state index is 0.295. The zero-order valence-electron chi connectivity index (χ0n) is 9.83. The van der Waals surface area contributed by atoms with Gasteiger partial charge in [-0.2, -0.15) is 0 Å². The van der Waals surface area contributed by atoms with E-state index in [1.54, 1.807) is 0 Å². The fraction of sp³-hybridized carbons (Fsp3) is 0.909. The predicted octanol–water partition coefficient (Wildman–Crippen LogP) is 1.83. The monoisotopic (exact) mass is 197 g/mol. The summed E-state index contributed by atoms with van der Waals surface area (Å²) in [4.78, 5) is 6.68. The predicted molar refractivity (Wildman–Crippen MR) is 61.3 cm³/mol. The standard InChI is InChI=1S/C11H23N3/c1-8(2)7-14(10-5-6-10)11(12)13-9(3)4/h8-10H,5-7H2,1-4H3,(H2,12,13). The highest BCUT2D eigenvalue weighted by atomic mass is 15.3. The third-order valence-corrected chi connectivity index (χ3v) is 2.23. The van der Waals surface area contributed by atoms with Crippen molar-refractivity contribution in [2.45, 2.75) is 52.6 Å². The lowest BCUT2D eigenvalue weighted by molar-refractivity contribution is 0.351. The number of aliphatic imine (C=N–C) groups is 1. The second-order valence-electron chi connectivity index (χ2n) is 4.86. The van der Waals surface area contributed by atoms with Crippen molar-refractivity contribution < 1.29 is 0 Å². The molecule has 0 aromatic carbocycles. The molecule has 0 aliphatic heterocycles. The van der Waals surface area contributed by atoms with Crippen LogP contribution in [0.15, 0.2) is 4.99 Å². The van der Waals surface area contributed by atoms with Gasteiger partial charge in [0.25, 0.3) is 0 Å². The zero-order chi connectivity index (χ0) is 10.7. The number of nitrogens with zero attached hydrogens (tertiary/aromatic N) is 2. The first kappa shape index (κ1) is 11.3. The van der Waals surface area contributed by atoms with E-state index in [0.717, 1.165) is 12.5 Å². The lowest BCUT2D eigenvalue weighted by atomic mass is 10.2. The van der Waals surface area contributed by atoms with Crippen LogP contribution in [0, 0.1) is 5.92 Å². The maximum absolute atomic E-state index is 5.98. The first-order valence-electron chi connectivity index (χ1n) is 5.60. The van der Waals surface area contributed by atoms with Crippen molar-refractivity contribution in [3.05, 3.63) is 0 Å². The molecule has 0 unspecified atom stereocenters. The summed E-state index contributed by atoms with van der Waals surface area (Å²) in [5.74, 6) is 1.38. The average Bonchev–Trinajstić information content (AvgIpc) is 2.80. The van der Waals surface area contributed by atoms with Gasteiger partial charge in [0.1, 0.15) is 0 Å². The SMILES string of the molecule is CC(C)CN(C(N)=NC(C)C)C1CC1. The maximum atomic E-state index is 5.98. The molecule has 1 fully saturated rings. The van der Waals surface area contributed by atoms with Gasteiger partial charge in [0.15, 0.2) is 5.96 Å². The van der Waals surface area contributed by atoms with E-state index in [1.807, 2.05) is 0 Å². The number of guanidine groups is 1. The molecule has 3 nitrogen and oxygen atoms in total. The van der Waals surface area contributed by atoms with Crippen LogP contribution in [-0.2, 0) is 0 Å². The highest BCUT2D eigenvalue weighted by molar-refractivity contribution is 5.78. The van der Waals surface area contributed by atoms with E-state index in [0.29, 0.717) is 18.0 Å². The molecule has 0 aromatic rings. The van der Waals surface area contributed by atoms with Crippen LogP contribution in [-0.4, -0.2) is 29.5 Å². The fourth-order valence-corrected chi connectivity index (χ4v) is 1.55. The molecule has 0 saturated heterocycles. The van der Waals surface area contributed by atoms with Crippen molar-refractivity contribution in [3.8, 4) is 0 Å². The van der Waals surface area contributed by atoms with Gasteiger partial charge in [0.05, 0.1) is 0 Å². The summed E-state index contributed by atoms with van der Waals surface area (Å²) in [5.41, 5.74) is 5.98. The molecule has 3 heteroatoms. The van der Waals surface area contributed by atoms with Crippen LogP contribution in [0.2, 0.25) is 0 Å². The summed E-state index contributed by atoms with van der Waals surface area (Å²) >= 11 is 0. The van der Waals surface area contributed by atoms with Crippen molar-refractivity contribution in [2.24, 2.45) is 16.6 Å². The molecule has 0 radical (unpaired) electrons. The summed E-state index contributed by atoms with van der Waals surface area (Å²) < 4.78 is 0. The first-order chi connectivity index (χ1) is 6.50. The molecule has 0 bridgehead atoms. The molecular weight excluding hydrogens is 174 g/mol. The topological polar surface area (TPSA) is 41.6 Å². The van der Waals surface area contributed by atoms with Crippen LogP contribution in [0.25, 0.3) is 0 Å². The summed E-state index contributed by atoms with van der Waals surface area (Å²) in [7, 11) is 0. The highest BCUT2D eigenvalue weighted by Crippen LogP contribution is 2.27. The van der Waals surface area contributed by atoms with Gasteiger partial charge in [-0.05, 0) is 32.6 Å². The summed E-state index contributed by atoms with van der Waals surface area (Å²) in [5, 5.41) is 0. The molecule has 0 aromatic heterocycles. The lowest BCUT2D eigenvalue weighted by Gasteiger charge is -2.25. The van der Waals surface area contributed by atoms with Crippen molar-refractivity contribution >= 4 is 5.96 Å². The van der Waals surface area contributed by atoms with E-state index < -0.39 is 0 Å². The van der Waals surface area contributed by atoms with Gasteiger partial charge in [-0.25, -0.2) is 0 Å². The van der Waals surface area contributed by atoms with Gasteiger partial charge in [-0.15, -0.1) is 0 Å². The zero-order valence-corrected chi connectivity index (χ0v) is 9.83. The second-order valence-corrected chi connectivity index (χ2v) is 4.86. The minimum Gasteiger partial charge on any atom is -0.370 e. The van der Waals surface area contributed by atoms with Gasteiger partial charge < -0.3 is 10.6 Å². The molecule has 0 heterocycles. The first-order valence-corrected chi connectivity index (χ1v) is 5.60. The van der Waals surface area contributed by atoms with Crippen LogP contribution in [0.5, 0.6) is 0 Å². The highest BCUT2D eigenvalue weighted by Gasteiger charge is 2.30. The number of rotatable bonds is 4. The quantitative estimate of drug-likeness (QED) is 0.552. The molecule has 14 heavy (non-hydrogen) atoms. The van der Waals surface area contributed by atoms with Crippen LogP contribution in [0.4, 0.5) is 0 Å². The van der Waals surface area contributed by atoms with E-state index in [4.69, 9.17) is 5.73 Å². The Morgan fingerprint density at radius 3 is 2.29 bits per heavy atom. The number of hydrogen-bond donors (Lipinski definition) is 1. The Kier molecular flexibility index (Phi) is 3.78. The van der Waals surface area contributed by atoms with Crippen molar-refractivity contribution in [1.29, 1.82) is 0 Å². The molecule has 1 rings (SSSR count). The molecule has 2 N–H and O–H groups in total. The Labute approximate surface area is 87.4 Å². The number of hydrogen-bond acceptors (Lipinski definition) is 1. The fourth-order valence-electron chi connectivity index (χ4n) is 1.55. The van der Waals surface area contributed by atoms with Gasteiger partial charge in [0.2, 0.25) is 0 Å². The van der Waals surface area contributed by atoms with Crippen molar-refractivity contribution in [1.82, 2.24) is 4.90 Å². The Morgan fingerprint density at radius 2 is 1.93 bits per heavy atom. The lowest BCUT2D eigenvalue weighted by Crippen LogP contribution is -2.41. The van der Waals surface area contributed by atoms with Gasteiger partial charge in [0, 0.05) is 18.6 Å². The molecule has 1 saturated carbocycles. The molecule has 1 aliphatic carbocycles. The van der Waals surface area contributed by atoms with Gasteiger partial charge in [-0.1, -0.05) is 13.8 Å². The normalized spacial score (nSPS) is 18.0. The Balaban J connectivity index is 2.57. The van der Waals surface area contributed by atoms with Crippen LogP contribution in [0.1, 0.15) is 40.5 Å². The summed E-state index contributed by atoms with van der Waals surface area (Å²) in [6, 6.07) is 0.961. The molecule has 1 aliphatic rings. The smallest absolute Gasteiger partial charge is 0.191 e. The van der Waals surface area contributed by atoms with E-state index >= 15 is 0 Å². The molecule has 0 amide bonds. The van der Waals surface area contributed by atoms with Crippen LogP contribution >= 0.6 is 0 Å². The van der Waals surface area contributed by atoms with Crippen LogP contribution < -0.4 is 5.73 Å². The second kappa shape index (κ2) is 4.67. The Morgan fingerprint density at radius 1 is 1.36 bits per heavy atom. The third kappa shape index (κ3) is 3.56. The largest absolute Gasteiger partial charge is 0.370 e. The van der Waals surface area contributed by atoms with Gasteiger partial charge in [-0.3, -0.25) is 4.99 Å². The maximum Gasteiger partial charge on any atom is 0.191 e. The van der Waals surface area contributed by atoms with Gasteiger partial charge >= 0.3 is 0 Å². The number of nitrogens with two attached hydrogens (primary N) is 1. The summed E-state index contributed by atoms with van der Waals surface area (Å²) in [6.45, 7) is 9.60. The Bertz CT molecular complexity index is 205. The molecular formula is C11H23N3. The van der Waals surface area contributed by atoms with E-state index in [1.165, 1.54) is 12.8 Å². The molecule has 0 atom stereocenters.